The maximum atomic E-state index is 15.2. The molecular formula is C74H120N14O13. The molecule has 16 N–H and O–H groups in total. The number of ether oxygens (including phenoxy) is 3. The van der Waals surface area contributed by atoms with Crippen LogP contribution in [-0.4, -0.2) is 195 Å². The number of aliphatic hydroxyl groups is 1. The number of para-hydroxylation sites is 1. The van der Waals surface area contributed by atoms with Crippen molar-refractivity contribution in [3.05, 3.63) is 71.9 Å². The Kier molecular flexibility index (Phi) is 40.7. The van der Waals surface area contributed by atoms with E-state index in [1.54, 1.807) is 36.5 Å². The van der Waals surface area contributed by atoms with Gasteiger partial charge in [0.05, 0.1) is 32.0 Å². The third-order valence-corrected chi connectivity index (χ3v) is 18.7. The fourth-order valence-electron chi connectivity index (χ4n) is 12.8. The number of rotatable bonds is 40. The molecule has 0 aliphatic carbocycles. The summed E-state index contributed by atoms with van der Waals surface area (Å²) in [5.41, 5.74) is 13.6. The van der Waals surface area contributed by atoms with Gasteiger partial charge in [-0.05, 0) is 81.5 Å². The van der Waals surface area contributed by atoms with Gasteiger partial charge in [0.2, 0.25) is 53.2 Å². The van der Waals surface area contributed by atoms with Crippen LogP contribution in [0.25, 0.3) is 10.9 Å². The largest absolute Gasteiger partial charge is 0.391 e. The van der Waals surface area contributed by atoms with E-state index in [9.17, 15) is 43.5 Å². The van der Waals surface area contributed by atoms with Crippen molar-refractivity contribution in [1.29, 1.82) is 5.41 Å². The zero-order chi connectivity index (χ0) is 73.0. The minimum Gasteiger partial charge on any atom is -0.391 e. The van der Waals surface area contributed by atoms with Gasteiger partial charge in [-0.25, -0.2) is 0 Å². The van der Waals surface area contributed by atoms with Gasteiger partial charge in [0.1, 0.15) is 48.9 Å². The molecule has 101 heavy (non-hydrogen) atoms. The van der Waals surface area contributed by atoms with Crippen LogP contribution in [0.1, 0.15) is 198 Å². The lowest BCUT2D eigenvalue weighted by atomic mass is 10.0. The van der Waals surface area contributed by atoms with Crippen LogP contribution in [0, 0.1) is 5.41 Å². The van der Waals surface area contributed by atoms with E-state index in [2.05, 4.69) is 59.8 Å². The summed E-state index contributed by atoms with van der Waals surface area (Å²) in [4.78, 5) is 132. The van der Waals surface area contributed by atoms with E-state index in [1.807, 2.05) is 31.2 Å². The van der Waals surface area contributed by atoms with Crippen molar-refractivity contribution in [2.75, 3.05) is 66.3 Å². The van der Waals surface area contributed by atoms with Gasteiger partial charge in [-0.3, -0.25) is 48.6 Å². The molecule has 2 aromatic carbocycles. The smallest absolute Gasteiger partial charge is 0.246 e. The molecule has 3 aromatic rings. The molecule has 0 bridgehead atoms. The van der Waals surface area contributed by atoms with E-state index in [0.29, 0.717) is 62.9 Å². The summed E-state index contributed by atoms with van der Waals surface area (Å²) in [7, 11) is 1.51. The molecule has 1 unspecified atom stereocenters. The summed E-state index contributed by atoms with van der Waals surface area (Å²) < 4.78 is 17.1. The average Bonchev–Trinajstić information content (AvgIpc) is 1.72. The Balaban J connectivity index is 1.26. The number of unbranched alkanes of at least 4 members (excludes halogenated alkanes) is 15. The fourth-order valence-corrected chi connectivity index (χ4v) is 12.8. The van der Waals surface area contributed by atoms with Crippen molar-refractivity contribution in [2.45, 2.75) is 255 Å². The summed E-state index contributed by atoms with van der Waals surface area (Å²) >= 11 is 0. The number of nitrogens with zero attached hydrogens (tertiary/aromatic N) is 1. The van der Waals surface area contributed by atoms with Crippen LogP contribution in [0.15, 0.2) is 60.8 Å². The lowest BCUT2D eigenvalue weighted by Gasteiger charge is -2.31. The predicted molar refractivity (Wildman–Crippen MR) is 389 cm³/mol. The first-order valence-corrected chi connectivity index (χ1v) is 37.3. The van der Waals surface area contributed by atoms with Gasteiger partial charge in [0.15, 0.2) is 5.96 Å². The molecule has 9 atom stereocenters. The fraction of sp³-hybridized carbons (Fsp3) is 0.676. The molecule has 0 radical (unpaired) electrons. The number of fused-ring (bicyclic) bond motifs is 2. The molecule has 2 saturated heterocycles. The number of primary amides is 1. The van der Waals surface area contributed by atoms with Gasteiger partial charge in [-0.15, -0.1) is 0 Å². The highest BCUT2D eigenvalue weighted by Crippen LogP contribution is 2.24. The van der Waals surface area contributed by atoms with E-state index in [1.165, 1.54) is 89.1 Å². The lowest BCUT2D eigenvalue weighted by molar-refractivity contribution is -0.143. The summed E-state index contributed by atoms with van der Waals surface area (Å²) in [6.45, 7) is 5.16. The van der Waals surface area contributed by atoms with Crippen LogP contribution in [0.3, 0.4) is 0 Å². The Morgan fingerprint density at radius 1 is 0.663 bits per heavy atom. The number of nitrogens with two attached hydrogens (primary N) is 2. The number of nitrogens with one attached hydrogen (secondary N) is 11. The molecule has 564 valence electrons. The highest BCUT2D eigenvalue weighted by atomic mass is 16.5. The van der Waals surface area contributed by atoms with Crippen molar-refractivity contribution in [3.8, 4) is 0 Å². The minimum atomic E-state index is -1.40. The average molecular weight is 1410 g/mol. The number of hydrogen-bond acceptors (Lipinski definition) is 15. The monoisotopic (exact) mass is 1410 g/mol. The molecule has 27 nitrogen and oxygen atoms in total. The number of hydrogen-bond donors (Lipinski definition) is 14. The number of aromatic amines is 1. The maximum Gasteiger partial charge on any atom is 0.246 e. The maximum absolute atomic E-state index is 15.2. The van der Waals surface area contributed by atoms with Gasteiger partial charge in [-0.2, -0.15) is 0 Å². The molecule has 0 spiro atoms. The number of carbonyl (C=O) groups is 9. The van der Waals surface area contributed by atoms with Crippen molar-refractivity contribution < 1.29 is 62.5 Å². The van der Waals surface area contributed by atoms with Gasteiger partial charge in [-0.1, -0.05) is 165 Å². The van der Waals surface area contributed by atoms with E-state index < -0.39 is 108 Å². The first-order chi connectivity index (χ1) is 48.9. The van der Waals surface area contributed by atoms with Crippen molar-refractivity contribution in [2.24, 2.45) is 11.5 Å². The molecule has 1 aromatic heterocycles. The van der Waals surface area contributed by atoms with Crippen molar-refractivity contribution >= 4 is 70.0 Å². The number of carbonyl (C=O) groups excluding carboxylic acids is 9. The Bertz CT molecular complexity index is 2970. The summed E-state index contributed by atoms with van der Waals surface area (Å²) in [6.07, 6.45) is 21.8. The van der Waals surface area contributed by atoms with Gasteiger partial charge < -0.3 is 88.5 Å². The highest BCUT2D eigenvalue weighted by molar-refractivity contribution is 5.98. The van der Waals surface area contributed by atoms with Crippen molar-refractivity contribution in [1.82, 2.24) is 57.7 Å². The SMILES string of the molecule is CCCCCCCCCCCCCCCCCC(=O)NCCOCCOCC(=O)N[C@@H](CCCC)C(=O)N[C@H]1CCC(OC)CNCCCC[C@@H](C(N)=O)NC(=O)[C@H](Cc2c[nH]c3ccccc23)NC(=O)[C@H](CCCNC(=N)N)NC(=O)[C@@H](Cc2ccccc2)NC(=O)[C@@H]2C[C@@H](O)CN2C1=O. The molecule has 2 aliphatic heterocycles. The van der Waals surface area contributed by atoms with E-state index >= 15 is 4.79 Å². The predicted octanol–water partition coefficient (Wildman–Crippen LogP) is 4.74. The normalized spacial score (nSPS) is 21.2. The standard InChI is InChI=1S/C74H120N14O13/c1-4-6-8-9-10-11-12-13-14-15-16-17-18-19-23-36-65(90)79-41-42-100-43-44-101-51-66(91)82-59(32-7-5-2)68(93)85-61-38-37-55(99-3)49-78-39-27-26-34-58(67(75)92)83-71(96)63(46-53-48-81-57-33-25-24-31-56(53)57)86-69(94)60(35-28-40-80-74(76)77)84-70(95)62(45-52-29-21-20-22-30-52)87-72(97)64-47-54(89)50-88(64)73(61)98/h20-22,24-25,29-31,33,48,54-55,58-64,78,81,89H,4-19,23,26-28,32,34-47,49-51H2,1-3H3,(H2,75,92)(H,79,90)(H,82,91)(H,83,96)(H,84,95)(H,85,93)(H,86,94)(H,87,97)(H4,76,77,80)/t54-,55?,58+,59+,60+,61+,62-,63+,64+/m1/s1. The Morgan fingerprint density at radius 3 is 1.97 bits per heavy atom. The van der Waals surface area contributed by atoms with Crippen LogP contribution < -0.4 is 59.3 Å². The number of amides is 9. The van der Waals surface area contributed by atoms with Crippen LogP contribution in [0.5, 0.6) is 0 Å². The molecular weight excluding hydrogens is 1290 g/mol. The van der Waals surface area contributed by atoms with Gasteiger partial charge in [0.25, 0.3) is 0 Å². The second kappa shape index (κ2) is 49.0. The molecule has 0 saturated carbocycles. The van der Waals surface area contributed by atoms with E-state index in [-0.39, 0.29) is 103 Å². The molecule has 9 amide bonds. The zero-order valence-electron chi connectivity index (χ0n) is 60.3. The number of aromatic nitrogens is 1. The second-order valence-electron chi connectivity index (χ2n) is 27.0. The van der Waals surface area contributed by atoms with Crippen LogP contribution in [0.2, 0.25) is 0 Å². The zero-order valence-corrected chi connectivity index (χ0v) is 60.3. The summed E-state index contributed by atoms with van der Waals surface area (Å²) in [5.74, 6) is -6.19. The minimum absolute atomic E-state index is 0.0136. The molecule has 2 fully saturated rings. The molecule has 3 heterocycles. The Hall–Kier alpha value is -7.72. The van der Waals surface area contributed by atoms with E-state index in [0.717, 1.165) is 30.2 Å². The Morgan fingerprint density at radius 2 is 1.29 bits per heavy atom. The third-order valence-electron chi connectivity index (χ3n) is 18.7. The molecule has 2 aliphatic rings. The third kappa shape index (κ3) is 32.9. The number of aliphatic hydroxyl groups excluding tert-OH is 1. The van der Waals surface area contributed by atoms with Gasteiger partial charge in [0, 0.05) is 76.1 Å². The van der Waals surface area contributed by atoms with Crippen molar-refractivity contribution in [3.63, 3.8) is 0 Å². The first kappa shape index (κ1) is 83.9. The van der Waals surface area contributed by atoms with Crippen LogP contribution >= 0.6 is 0 Å². The summed E-state index contributed by atoms with van der Waals surface area (Å²) in [5, 5.41) is 45.6. The number of H-pyrrole nitrogens is 1. The van der Waals surface area contributed by atoms with Crippen LogP contribution in [-0.2, 0) is 70.2 Å². The summed E-state index contributed by atoms with van der Waals surface area (Å²) in [6, 6.07) is 7.20. The quantitative estimate of drug-likeness (QED) is 0.0208. The lowest BCUT2D eigenvalue weighted by Crippen LogP contribution is -2.60. The highest BCUT2D eigenvalue weighted by Gasteiger charge is 2.43. The van der Waals surface area contributed by atoms with Gasteiger partial charge >= 0.3 is 0 Å². The number of guanidine groups is 1. The first-order valence-electron chi connectivity index (χ1n) is 37.3. The number of methoxy groups -OCH3 is 1. The molecule has 27 heteroatoms. The number of benzene rings is 2. The topological polar surface area (TPSA) is 405 Å². The van der Waals surface area contributed by atoms with Crippen LogP contribution in [0.4, 0.5) is 0 Å². The van der Waals surface area contributed by atoms with E-state index in [4.69, 9.17) is 31.1 Å². The second-order valence-corrected chi connectivity index (χ2v) is 27.0. The Labute approximate surface area is 597 Å². The molecule has 5 rings (SSSR count).